The topological polar surface area (TPSA) is 85.6 Å². The predicted octanol–water partition coefficient (Wildman–Crippen LogP) is 5.07. The third-order valence-corrected chi connectivity index (χ3v) is 5.94. The first-order valence-corrected chi connectivity index (χ1v) is 10.9. The van der Waals surface area contributed by atoms with Gasteiger partial charge in [0, 0.05) is 29.2 Å². The number of hydrogen-bond acceptors (Lipinski definition) is 6. The number of benzene rings is 1. The molecule has 0 unspecified atom stereocenters. The van der Waals surface area contributed by atoms with Gasteiger partial charge in [-0.25, -0.2) is 4.98 Å². The second-order valence-electron chi connectivity index (χ2n) is 6.46. The molecule has 7 nitrogen and oxygen atoms in total. The van der Waals surface area contributed by atoms with Crippen LogP contribution in [0, 0.1) is 6.92 Å². The lowest BCUT2D eigenvalue weighted by Gasteiger charge is -2.13. The van der Waals surface area contributed by atoms with Crippen LogP contribution in [0.15, 0.2) is 66.2 Å². The Morgan fingerprint density at radius 2 is 1.90 bits per heavy atom. The minimum Gasteiger partial charge on any atom is -0.310 e. The van der Waals surface area contributed by atoms with Crippen molar-refractivity contribution in [2.24, 2.45) is 0 Å². The fourth-order valence-electron chi connectivity index (χ4n) is 2.87. The average molecular weight is 471 g/mol. The van der Waals surface area contributed by atoms with Crippen molar-refractivity contribution in [1.29, 1.82) is 0 Å². The number of anilines is 1. The molecule has 1 aromatic carbocycles. The van der Waals surface area contributed by atoms with E-state index in [0.717, 1.165) is 16.8 Å². The number of carbonyl (C=O) groups excluding carboxylic acids is 1. The number of pyridine rings is 2. The number of halogens is 2. The van der Waals surface area contributed by atoms with E-state index in [4.69, 9.17) is 23.2 Å². The van der Waals surface area contributed by atoms with Crippen LogP contribution in [-0.2, 0) is 4.79 Å². The fraction of sp³-hybridized carbons (Fsp3) is 0.0952. The van der Waals surface area contributed by atoms with Gasteiger partial charge in [-0.1, -0.05) is 41.0 Å². The molecule has 0 aliphatic heterocycles. The first kappa shape index (κ1) is 21.3. The summed E-state index contributed by atoms with van der Waals surface area (Å²) >= 11 is 13.5. The monoisotopic (exact) mass is 470 g/mol. The summed E-state index contributed by atoms with van der Waals surface area (Å²) < 4.78 is 1.90. The summed E-state index contributed by atoms with van der Waals surface area (Å²) in [6, 6.07) is 12.7. The Labute approximate surface area is 192 Å². The molecular weight excluding hydrogens is 455 g/mol. The molecule has 4 aromatic rings. The highest BCUT2D eigenvalue weighted by Gasteiger charge is 2.19. The van der Waals surface area contributed by atoms with Crippen LogP contribution < -0.4 is 5.32 Å². The molecule has 0 radical (unpaired) electrons. The largest absolute Gasteiger partial charge is 0.310 e. The number of thioether (sulfide) groups is 1. The Morgan fingerprint density at radius 3 is 2.65 bits per heavy atom. The molecule has 0 fully saturated rings. The van der Waals surface area contributed by atoms with Crippen molar-refractivity contribution >= 4 is 46.7 Å². The summed E-state index contributed by atoms with van der Waals surface area (Å²) in [7, 11) is 0. The standard InChI is InChI=1S/C21H16Cl2N6OS/c1-13-16(23)3-2-4-17(13)29-20(14-7-9-24-10-8-14)27-28-21(29)31-12-19(30)26-18-6-5-15(22)11-25-18/h2-11H,12H2,1H3,(H,25,26,30). The minimum atomic E-state index is -0.220. The first-order chi connectivity index (χ1) is 15.0. The van der Waals surface area contributed by atoms with Gasteiger partial charge in [0.1, 0.15) is 5.82 Å². The van der Waals surface area contributed by atoms with Crippen LogP contribution in [0.2, 0.25) is 10.0 Å². The van der Waals surface area contributed by atoms with E-state index in [-0.39, 0.29) is 11.7 Å². The Morgan fingerprint density at radius 1 is 1.10 bits per heavy atom. The van der Waals surface area contributed by atoms with Gasteiger partial charge in [0.15, 0.2) is 11.0 Å². The predicted molar refractivity (Wildman–Crippen MR) is 123 cm³/mol. The average Bonchev–Trinajstić information content (AvgIpc) is 3.20. The van der Waals surface area contributed by atoms with Crippen molar-refractivity contribution < 1.29 is 4.79 Å². The van der Waals surface area contributed by atoms with Crippen molar-refractivity contribution in [3.8, 4) is 17.1 Å². The maximum absolute atomic E-state index is 12.4. The smallest absolute Gasteiger partial charge is 0.236 e. The van der Waals surface area contributed by atoms with Crippen molar-refractivity contribution in [3.63, 3.8) is 0 Å². The zero-order chi connectivity index (χ0) is 21.8. The maximum atomic E-state index is 12.4. The highest BCUT2D eigenvalue weighted by atomic mass is 35.5. The third kappa shape index (κ3) is 4.87. The van der Waals surface area contributed by atoms with Crippen molar-refractivity contribution in [1.82, 2.24) is 24.7 Å². The molecule has 0 aliphatic rings. The van der Waals surface area contributed by atoms with Crippen LogP contribution in [-0.4, -0.2) is 36.4 Å². The SMILES string of the molecule is Cc1c(Cl)cccc1-n1c(SCC(=O)Nc2ccc(Cl)cn2)nnc1-c1ccncc1. The Bertz CT molecular complexity index is 1210. The molecule has 0 saturated heterocycles. The van der Waals surface area contributed by atoms with Gasteiger partial charge < -0.3 is 5.32 Å². The molecule has 1 amide bonds. The molecule has 4 rings (SSSR count). The number of rotatable bonds is 6. The summed E-state index contributed by atoms with van der Waals surface area (Å²) in [5.41, 5.74) is 2.58. The van der Waals surface area contributed by atoms with Crippen LogP contribution in [0.25, 0.3) is 17.1 Å². The zero-order valence-electron chi connectivity index (χ0n) is 16.3. The van der Waals surface area contributed by atoms with Gasteiger partial charge in [-0.05, 0) is 48.9 Å². The molecule has 0 bridgehead atoms. The van der Waals surface area contributed by atoms with Crippen LogP contribution in [0.3, 0.4) is 0 Å². The summed E-state index contributed by atoms with van der Waals surface area (Å²) in [6.45, 7) is 1.93. The summed E-state index contributed by atoms with van der Waals surface area (Å²) in [4.78, 5) is 20.6. The number of amides is 1. The summed E-state index contributed by atoms with van der Waals surface area (Å²) in [5, 5.41) is 13.1. The highest BCUT2D eigenvalue weighted by Crippen LogP contribution is 2.31. The number of nitrogens with one attached hydrogen (secondary N) is 1. The highest BCUT2D eigenvalue weighted by molar-refractivity contribution is 7.99. The van der Waals surface area contributed by atoms with Gasteiger partial charge in [-0.3, -0.25) is 14.3 Å². The quantitative estimate of drug-likeness (QED) is 0.395. The molecule has 10 heteroatoms. The number of aromatic nitrogens is 5. The Hall–Kier alpha value is -2.94. The van der Waals surface area contributed by atoms with Crippen molar-refractivity contribution in [2.45, 2.75) is 12.1 Å². The number of carbonyl (C=O) groups is 1. The number of hydrogen-bond donors (Lipinski definition) is 1. The van der Waals surface area contributed by atoms with E-state index in [1.807, 2.05) is 41.8 Å². The lowest BCUT2D eigenvalue weighted by molar-refractivity contribution is -0.113. The van der Waals surface area contributed by atoms with E-state index in [9.17, 15) is 4.79 Å². The van der Waals surface area contributed by atoms with Crippen LogP contribution in [0.5, 0.6) is 0 Å². The Balaban J connectivity index is 1.63. The second-order valence-corrected chi connectivity index (χ2v) is 8.25. The molecule has 0 saturated carbocycles. The molecule has 3 heterocycles. The molecule has 0 atom stereocenters. The Kier molecular flexibility index (Phi) is 6.50. The lowest BCUT2D eigenvalue weighted by Crippen LogP contribution is -2.15. The van der Waals surface area contributed by atoms with Crippen LogP contribution in [0.1, 0.15) is 5.56 Å². The molecule has 31 heavy (non-hydrogen) atoms. The third-order valence-electron chi connectivity index (χ3n) is 4.38. The van der Waals surface area contributed by atoms with Crippen molar-refractivity contribution in [2.75, 3.05) is 11.1 Å². The van der Waals surface area contributed by atoms with Gasteiger partial charge in [0.2, 0.25) is 5.91 Å². The molecule has 0 spiro atoms. The van der Waals surface area contributed by atoms with Crippen molar-refractivity contribution in [3.05, 3.63) is 76.7 Å². The first-order valence-electron chi connectivity index (χ1n) is 9.18. The number of nitrogens with zero attached hydrogens (tertiary/aromatic N) is 5. The van der Waals surface area contributed by atoms with E-state index in [1.165, 1.54) is 18.0 Å². The molecule has 0 aliphatic carbocycles. The van der Waals surface area contributed by atoms with Gasteiger partial charge in [-0.2, -0.15) is 0 Å². The molecule has 3 aromatic heterocycles. The van der Waals surface area contributed by atoms with Crippen LogP contribution >= 0.6 is 35.0 Å². The molecular formula is C21H16Cl2N6OS. The van der Waals surface area contributed by atoms with Gasteiger partial charge in [0.25, 0.3) is 0 Å². The van der Waals surface area contributed by atoms with Gasteiger partial charge in [-0.15, -0.1) is 10.2 Å². The van der Waals surface area contributed by atoms with Gasteiger partial charge in [0.05, 0.1) is 16.5 Å². The van der Waals surface area contributed by atoms with E-state index < -0.39 is 0 Å². The van der Waals surface area contributed by atoms with E-state index in [1.54, 1.807) is 24.5 Å². The fourth-order valence-corrected chi connectivity index (χ4v) is 3.89. The van der Waals surface area contributed by atoms with E-state index in [2.05, 4.69) is 25.5 Å². The lowest BCUT2D eigenvalue weighted by atomic mass is 10.2. The maximum Gasteiger partial charge on any atom is 0.236 e. The second kappa shape index (κ2) is 9.47. The minimum absolute atomic E-state index is 0.123. The molecule has 1 N–H and O–H groups in total. The van der Waals surface area contributed by atoms with E-state index >= 15 is 0 Å². The van der Waals surface area contributed by atoms with E-state index in [0.29, 0.717) is 26.8 Å². The molecule has 156 valence electrons. The summed E-state index contributed by atoms with van der Waals surface area (Å²) in [5.74, 6) is 0.968. The zero-order valence-corrected chi connectivity index (χ0v) is 18.6. The van der Waals surface area contributed by atoms with Crippen LogP contribution in [0.4, 0.5) is 5.82 Å². The normalized spacial score (nSPS) is 10.8. The van der Waals surface area contributed by atoms with Gasteiger partial charge >= 0.3 is 0 Å². The summed E-state index contributed by atoms with van der Waals surface area (Å²) in [6.07, 6.45) is 4.86.